The van der Waals surface area contributed by atoms with E-state index in [1.54, 1.807) is 28.9 Å². The summed E-state index contributed by atoms with van der Waals surface area (Å²) in [7, 11) is 0. The largest absolute Gasteiger partial charge is 0.508 e. The van der Waals surface area contributed by atoms with E-state index in [1.807, 2.05) is 23.2 Å². The van der Waals surface area contributed by atoms with Crippen molar-refractivity contribution in [2.45, 2.75) is 11.8 Å². The average Bonchev–Trinajstić information content (AvgIpc) is 3.31. The molecular formula is C22H18FN3O2S. The highest BCUT2D eigenvalue weighted by Gasteiger charge is 2.35. The third-order valence-electron chi connectivity index (χ3n) is 4.78. The molecule has 1 atom stereocenters. The summed E-state index contributed by atoms with van der Waals surface area (Å²) < 4.78 is 14.8. The van der Waals surface area contributed by atoms with Crippen LogP contribution in [0.2, 0.25) is 0 Å². The monoisotopic (exact) mass is 407 g/mol. The fourth-order valence-electron chi connectivity index (χ4n) is 3.27. The van der Waals surface area contributed by atoms with Gasteiger partial charge < -0.3 is 10.0 Å². The second-order valence-electron chi connectivity index (χ2n) is 6.67. The number of terminal acetylenes is 1. The zero-order valence-corrected chi connectivity index (χ0v) is 16.3. The van der Waals surface area contributed by atoms with E-state index < -0.39 is 0 Å². The van der Waals surface area contributed by atoms with Crippen LogP contribution in [0.5, 0.6) is 5.75 Å². The van der Waals surface area contributed by atoms with Crippen molar-refractivity contribution in [2.75, 3.05) is 12.3 Å². The zero-order chi connectivity index (χ0) is 20.4. The molecule has 0 spiro atoms. The molecule has 1 aliphatic heterocycles. The van der Waals surface area contributed by atoms with E-state index in [2.05, 4.69) is 11.0 Å². The van der Waals surface area contributed by atoms with E-state index in [-0.39, 0.29) is 22.8 Å². The Kier molecular flexibility index (Phi) is 5.28. The molecule has 146 valence electrons. The Morgan fingerprint density at radius 2 is 1.93 bits per heavy atom. The number of benzene rings is 2. The van der Waals surface area contributed by atoms with E-state index in [1.165, 1.54) is 23.9 Å². The van der Waals surface area contributed by atoms with E-state index in [0.717, 1.165) is 11.1 Å². The molecule has 0 bridgehead atoms. The molecule has 29 heavy (non-hydrogen) atoms. The van der Waals surface area contributed by atoms with Gasteiger partial charge in [-0.25, -0.2) is 9.07 Å². The van der Waals surface area contributed by atoms with Crippen LogP contribution in [0.25, 0.3) is 5.69 Å². The maximum absolute atomic E-state index is 13.2. The van der Waals surface area contributed by atoms with Crippen molar-refractivity contribution in [3.63, 3.8) is 0 Å². The molecule has 0 saturated carbocycles. The molecule has 1 amide bonds. The van der Waals surface area contributed by atoms with Gasteiger partial charge in [0.2, 0.25) is 5.91 Å². The fraction of sp³-hybridized carbons (Fsp3) is 0.182. The summed E-state index contributed by atoms with van der Waals surface area (Å²) in [5, 5.41) is 13.6. The minimum absolute atomic E-state index is 0.0521. The van der Waals surface area contributed by atoms with Crippen LogP contribution in [0.1, 0.15) is 22.2 Å². The molecule has 4 rings (SSSR count). The standard InChI is InChI=1S/C22H18FN3O2S/c1-2-20-19(13-26(24-20)17-7-5-16(23)6-8-17)22-25(21(28)14-29-22)12-11-15-3-9-18(27)10-4-15/h1,3-10,13,22,27H,11-12,14H2. The van der Waals surface area contributed by atoms with Crippen LogP contribution in [-0.2, 0) is 11.2 Å². The number of phenolic OH excluding ortho intramolecular Hbond substituents is 1. The normalized spacial score (nSPS) is 16.2. The van der Waals surface area contributed by atoms with E-state index in [4.69, 9.17) is 6.42 Å². The molecule has 7 heteroatoms. The van der Waals surface area contributed by atoms with Gasteiger partial charge in [-0.1, -0.05) is 12.1 Å². The predicted octanol–water partition coefficient (Wildman–Crippen LogP) is 3.52. The summed E-state index contributed by atoms with van der Waals surface area (Å²) in [6, 6.07) is 12.9. The highest BCUT2D eigenvalue weighted by Crippen LogP contribution is 2.40. The van der Waals surface area contributed by atoms with Gasteiger partial charge in [-0.2, -0.15) is 5.10 Å². The second-order valence-corrected chi connectivity index (χ2v) is 7.73. The lowest BCUT2D eigenvalue weighted by atomic mass is 10.1. The Morgan fingerprint density at radius 3 is 2.62 bits per heavy atom. The Morgan fingerprint density at radius 1 is 1.21 bits per heavy atom. The van der Waals surface area contributed by atoms with Gasteiger partial charge in [-0.15, -0.1) is 18.2 Å². The SMILES string of the molecule is C#Cc1nn(-c2ccc(F)cc2)cc1C1SCC(=O)N1CCc1ccc(O)cc1. The Hall–Kier alpha value is -3.24. The summed E-state index contributed by atoms with van der Waals surface area (Å²) in [5.74, 6) is 2.93. The smallest absolute Gasteiger partial charge is 0.233 e. The summed E-state index contributed by atoms with van der Waals surface area (Å²) in [6.07, 6.45) is 8.15. The van der Waals surface area contributed by atoms with Crippen molar-refractivity contribution in [3.05, 3.63) is 77.4 Å². The van der Waals surface area contributed by atoms with E-state index in [0.29, 0.717) is 30.1 Å². The Bertz CT molecular complexity index is 1070. The molecule has 1 aliphatic rings. The molecule has 2 heterocycles. The van der Waals surface area contributed by atoms with Gasteiger partial charge in [0.05, 0.1) is 11.4 Å². The quantitative estimate of drug-likeness (QED) is 0.658. The minimum Gasteiger partial charge on any atom is -0.508 e. The van der Waals surface area contributed by atoms with Gasteiger partial charge in [0.25, 0.3) is 0 Å². The van der Waals surface area contributed by atoms with Gasteiger partial charge >= 0.3 is 0 Å². The third-order valence-corrected chi connectivity index (χ3v) is 6.02. The highest BCUT2D eigenvalue weighted by molar-refractivity contribution is 8.00. The molecular weight excluding hydrogens is 389 g/mol. The fourth-order valence-corrected chi connectivity index (χ4v) is 4.49. The number of aromatic hydroxyl groups is 1. The molecule has 0 aliphatic carbocycles. The average molecular weight is 407 g/mol. The van der Waals surface area contributed by atoms with Crippen molar-refractivity contribution < 1.29 is 14.3 Å². The first kappa shape index (κ1) is 19.1. The molecule has 3 aromatic rings. The summed E-state index contributed by atoms with van der Waals surface area (Å²) in [5.41, 5.74) is 2.99. The van der Waals surface area contributed by atoms with Crippen molar-refractivity contribution >= 4 is 17.7 Å². The number of hydrogen-bond donors (Lipinski definition) is 1. The molecule has 1 saturated heterocycles. The molecule has 1 aromatic heterocycles. The third kappa shape index (κ3) is 3.98. The van der Waals surface area contributed by atoms with Crippen molar-refractivity contribution in [1.82, 2.24) is 14.7 Å². The molecule has 2 aromatic carbocycles. The number of phenols is 1. The molecule has 0 radical (unpaired) electrons. The number of hydrogen-bond acceptors (Lipinski definition) is 4. The first-order chi connectivity index (χ1) is 14.0. The van der Waals surface area contributed by atoms with Crippen LogP contribution in [-0.4, -0.2) is 38.0 Å². The first-order valence-electron chi connectivity index (χ1n) is 9.06. The molecule has 1 N–H and O–H groups in total. The highest BCUT2D eigenvalue weighted by atomic mass is 32.2. The van der Waals surface area contributed by atoms with Crippen molar-refractivity contribution in [3.8, 4) is 23.8 Å². The lowest BCUT2D eigenvalue weighted by Gasteiger charge is -2.23. The number of aromatic nitrogens is 2. The van der Waals surface area contributed by atoms with Gasteiger partial charge in [-0.05, 0) is 54.3 Å². The number of rotatable bonds is 5. The number of carbonyl (C=O) groups excluding carboxylic acids is 1. The summed E-state index contributed by atoms with van der Waals surface area (Å²) in [4.78, 5) is 14.3. The van der Waals surface area contributed by atoms with Crippen LogP contribution in [0, 0.1) is 18.2 Å². The number of carbonyl (C=O) groups is 1. The van der Waals surface area contributed by atoms with Gasteiger partial charge in [-0.3, -0.25) is 4.79 Å². The molecule has 1 unspecified atom stereocenters. The van der Waals surface area contributed by atoms with E-state index >= 15 is 0 Å². The second kappa shape index (κ2) is 8.02. The minimum atomic E-state index is -0.323. The maximum atomic E-state index is 13.2. The Balaban J connectivity index is 1.58. The predicted molar refractivity (Wildman–Crippen MR) is 110 cm³/mol. The van der Waals surface area contributed by atoms with Crippen LogP contribution in [0.3, 0.4) is 0 Å². The van der Waals surface area contributed by atoms with Gasteiger partial charge in [0.1, 0.15) is 22.6 Å². The maximum Gasteiger partial charge on any atom is 0.233 e. The number of halogens is 1. The van der Waals surface area contributed by atoms with Crippen LogP contribution in [0.15, 0.2) is 54.7 Å². The topological polar surface area (TPSA) is 58.4 Å². The Labute approximate surface area is 172 Å². The summed E-state index contributed by atoms with van der Waals surface area (Å²) in [6.45, 7) is 0.535. The first-order valence-corrected chi connectivity index (χ1v) is 10.1. The number of amides is 1. The van der Waals surface area contributed by atoms with Crippen LogP contribution < -0.4 is 0 Å². The zero-order valence-electron chi connectivity index (χ0n) is 15.5. The van der Waals surface area contributed by atoms with Gasteiger partial charge in [0, 0.05) is 18.3 Å². The lowest BCUT2D eigenvalue weighted by molar-refractivity contribution is -0.128. The lowest BCUT2D eigenvalue weighted by Crippen LogP contribution is -2.30. The van der Waals surface area contributed by atoms with Crippen molar-refractivity contribution in [2.24, 2.45) is 0 Å². The van der Waals surface area contributed by atoms with Crippen LogP contribution in [0.4, 0.5) is 4.39 Å². The number of nitrogens with zero attached hydrogens (tertiary/aromatic N) is 3. The number of thioether (sulfide) groups is 1. The summed E-state index contributed by atoms with van der Waals surface area (Å²) >= 11 is 1.52. The molecule has 1 fully saturated rings. The van der Waals surface area contributed by atoms with Crippen molar-refractivity contribution in [1.29, 1.82) is 0 Å². The van der Waals surface area contributed by atoms with E-state index in [9.17, 15) is 14.3 Å². The van der Waals surface area contributed by atoms with Crippen LogP contribution >= 0.6 is 11.8 Å². The molecule has 5 nitrogen and oxygen atoms in total. The van der Waals surface area contributed by atoms with Gasteiger partial charge in [0.15, 0.2) is 0 Å².